The normalized spacial score (nSPS) is 11.1. The largest absolute Gasteiger partial charge is 0.573 e. The fraction of sp³-hybridized carbons (Fsp3) is 0.250. The zero-order valence-electron chi connectivity index (χ0n) is 11.8. The minimum atomic E-state index is -4.80. The van der Waals surface area contributed by atoms with Crippen molar-refractivity contribution in [3.63, 3.8) is 0 Å². The number of halogens is 3. The number of fused-ring (bicyclic) bond motifs is 1. The van der Waals surface area contributed by atoms with E-state index >= 15 is 0 Å². The van der Waals surface area contributed by atoms with Gasteiger partial charge in [-0.25, -0.2) is 14.6 Å². The highest BCUT2D eigenvalue weighted by molar-refractivity contribution is 7.22. The number of thiazole rings is 1. The van der Waals surface area contributed by atoms with Crippen LogP contribution in [0.2, 0.25) is 0 Å². The summed E-state index contributed by atoms with van der Waals surface area (Å²) in [5, 5.41) is 2.42. The summed E-state index contributed by atoms with van der Waals surface area (Å²) >= 11 is 0.934. The lowest BCUT2D eigenvalue weighted by molar-refractivity contribution is -0.274. The number of ether oxygens (including phenoxy) is 3. The quantitative estimate of drug-likeness (QED) is 0.788. The Kier molecular flexibility index (Phi) is 5.28. The van der Waals surface area contributed by atoms with Gasteiger partial charge in [-0.05, 0) is 12.1 Å². The van der Waals surface area contributed by atoms with Crippen LogP contribution in [0, 0.1) is 0 Å². The van der Waals surface area contributed by atoms with Gasteiger partial charge in [0.15, 0.2) is 5.13 Å². The molecule has 1 aromatic heterocycles. The van der Waals surface area contributed by atoms with Gasteiger partial charge in [-0.1, -0.05) is 11.3 Å². The Hall–Kier alpha value is -2.76. The van der Waals surface area contributed by atoms with Crippen molar-refractivity contribution in [3.05, 3.63) is 18.2 Å². The molecule has 2 rings (SSSR count). The molecule has 0 fully saturated rings. The van der Waals surface area contributed by atoms with Crippen LogP contribution in [0.4, 0.5) is 27.9 Å². The molecule has 0 atom stereocenters. The van der Waals surface area contributed by atoms with Crippen molar-refractivity contribution < 1.29 is 37.0 Å². The summed E-state index contributed by atoms with van der Waals surface area (Å²) in [6.45, 7) is -0.427. The monoisotopic (exact) mass is 365 g/mol. The highest BCUT2D eigenvalue weighted by Gasteiger charge is 2.31. The Bertz CT molecular complexity index is 749. The Labute approximate surface area is 136 Å². The van der Waals surface area contributed by atoms with E-state index in [-0.39, 0.29) is 18.3 Å². The third kappa shape index (κ3) is 5.46. The van der Waals surface area contributed by atoms with Crippen LogP contribution in [0.3, 0.4) is 0 Å². The molecule has 0 bridgehead atoms. The fourth-order valence-electron chi connectivity index (χ4n) is 1.56. The molecule has 0 spiro atoms. The van der Waals surface area contributed by atoms with Crippen LogP contribution >= 0.6 is 11.3 Å². The molecule has 130 valence electrons. The van der Waals surface area contributed by atoms with Crippen molar-refractivity contribution in [2.75, 3.05) is 18.5 Å². The van der Waals surface area contributed by atoms with Gasteiger partial charge in [0.1, 0.15) is 19.0 Å². The second-order valence-electron chi connectivity index (χ2n) is 4.12. The number of primary amides is 1. The topological polar surface area (TPSA) is 113 Å². The first-order valence-electron chi connectivity index (χ1n) is 6.25. The summed E-state index contributed by atoms with van der Waals surface area (Å²) in [5.41, 5.74) is 5.10. The van der Waals surface area contributed by atoms with Crippen LogP contribution in [-0.4, -0.2) is 36.7 Å². The molecular formula is C12H10F3N3O5S. The molecule has 8 nitrogen and oxygen atoms in total. The van der Waals surface area contributed by atoms with Crippen LogP contribution in [0.25, 0.3) is 10.2 Å². The number of hydrogen-bond acceptors (Lipinski definition) is 7. The number of aromatic nitrogens is 1. The number of carbonyl (C=O) groups excluding carboxylic acids is 2. The SMILES string of the molecule is NC(=O)OCCOC(=O)Nc1nc2ccc(OC(F)(F)F)cc2s1. The van der Waals surface area contributed by atoms with Crippen molar-refractivity contribution in [1.82, 2.24) is 4.98 Å². The van der Waals surface area contributed by atoms with Crippen molar-refractivity contribution in [2.24, 2.45) is 5.73 Å². The van der Waals surface area contributed by atoms with E-state index in [1.54, 1.807) is 0 Å². The molecule has 12 heteroatoms. The summed E-state index contributed by atoms with van der Waals surface area (Å²) in [5.74, 6) is -0.392. The highest BCUT2D eigenvalue weighted by Crippen LogP contribution is 2.31. The minimum absolute atomic E-state index is 0.120. The van der Waals surface area contributed by atoms with Gasteiger partial charge in [-0.15, -0.1) is 13.2 Å². The van der Waals surface area contributed by atoms with Gasteiger partial charge in [0.05, 0.1) is 10.2 Å². The summed E-state index contributed by atoms with van der Waals surface area (Å²) in [7, 11) is 0. The number of nitrogens with one attached hydrogen (secondary N) is 1. The summed E-state index contributed by atoms with van der Waals surface area (Å²) in [6.07, 6.45) is -6.66. The van der Waals surface area contributed by atoms with E-state index in [2.05, 4.69) is 19.8 Å². The molecule has 1 heterocycles. The molecule has 24 heavy (non-hydrogen) atoms. The Morgan fingerprint density at radius 2 is 1.96 bits per heavy atom. The zero-order chi connectivity index (χ0) is 17.7. The predicted molar refractivity (Wildman–Crippen MR) is 76.8 cm³/mol. The predicted octanol–water partition coefficient (Wildman–Crippen LogP) is 2.84. The maximum absolute atomic E-state index is 12.2. The van der Waals surface area contributed by atoms with E-state index in [9.17, 15) is 22.8 Å². The number of alkyl halides is 3. The second kappa shape index (κ2) is 7.21. The maximum Gasteiger partial charge on any atom is 0.573 e. The van der Waals surface area contributed by atoms with Crippen LogP contribution in [0.15, 0.2) is 18.2 Å². The number of nitrogens with two attached hydrogens (primary N) is 1. The van der Waals surface area contributed by atoms with Gasteiger partial charge in [-0.2, -0.15) is 0 Å². The lowest BCUT2D eigenvalue weighted by Crippen LogP contribution is -2.20. The maximum atomic E-state index is 12.2. The van der Waals surface area contributed by atoms with E-state index in [1.165, 1.54) is 6.07 Å². The van der Waals surface area contributed by atoms with Gasteiger partial charge in [0.2, 0.25) is 0 Å². The highest BCUT2D eigenvalue weighted by atomic mass is 32.1. The molecule has 0 aliphatic rings. The first-order chi connectivity index (χ1) is 11.2. The van der Waals surface area contributed by atoms with Crippen molar-refractivity contribution >= 4 is 38.9 Å². The first-order valence-corrected chi connectivity index (χ1v) is 7.07. The average molecular weight is 365 g/mol. The Balaban J connectivity index is 1.95. The third-order valence-corrected chi connectivity index (χ3v) is 3.30. The lowest BCUT2D eigenvalue weighted by atomic mass is 10.3. The van der Waals surface area contributed by atoms with Crippen LogP contribution in [-0.2, 0) is 9.47 Å². The summed E-state index contributed by atoms with van der Waals surface area (Å²) in [6, 6.07) is 3.58. The molecule has 0 aliphatic carbocycles. The number of rotatable bonds is 5. The molecule has 0 unspecified atom stereocenters. The number of carbonyl (C=O) groups is 2. The van der Waals surface area contributed by atoms with Crippen molar-refractivity contribution in [2.45, 2.75) is 6.36 Å². The molecule has 2 amide bonds. The van der Waals surface area contributed by atoms with Crippen molar-refractivity contribution in [1.29, 1.82) is 0 Å². The second-order valence-corrected chi connectivity index (χ2v) is 5.16. The van der Waals surface area contributed by atoms with E-state index < -0.39 is 24.3 Å². The molecule has 3 N–H and O–H groups in total. The third-order valence-electron chi connectivity index (χ3n) is 2.36. The lowest BCUT2D eigenvalue weighted by Gasteiger charge is -2.07. The zero-order valence-corrected chi connectivity index (χ0v) is 12.6. The van der Waals surface area contributed by atoms with Gasteiger partial charge >= 0.3 is 18.5 Å². The van der Waals surface area contributed by atoms with Crippen molar-refractivity contribution in [3.8, 4) is 5.75 Å². The van der Waals surface area contributed by atoms with Crippen LogP contribution in [0.1, 0.15) is 0 Å². The van der Waals surface area contributed by atoms with E-state index in [1.807, 2.05) is 0 Å². The molecule has 1 aromatic carbocycles. The summed E-state index contributed by atoms with van der Waals surface area (Å²) in [4.78, 5) is 25.8. The van der Waals surface area contributed by atoms with E-state index in [0.717, 1.165) is 23.5 Å². The number of amides is 2. The molecule has 0 saturated carbocycles. The Morgan fingerprint density at radius 3 is 2.62 bits per heavy atom. The Morgan fingerprint density at radius 1 is 1.25 bits per heavy atom. The van der Waals surface area contributed by atoms with Gasteiger partial charge in [-0.3, -0.25) is 5.32 Å². The molecule has 0 saturated heterocycles. The number of hydrogen-bond donors (Lipinski definition) is 2. The standard InChI is InChI=1S/C12H10F3N3O5S/c13-12(14,15)23-6-1-2-7-8(5-6)24-10(17-7)18-11(20)22-4-3-21-9(16)19/h1-2,5H,3-4H2,(H2,16,19)(H,17,18,20). The van der Waals surface area contributed by atoms with E-state index in [0.29, 0.717) is 10.2 Å². The minimum Gasteiger partial charge on any atom is -0.446 e. The first kappa shape index (κ1) is 17.6. The smallest absolute Gasteiger partial charge is 0.446 e. The van der Waals surface area contributed by atoms with Crippen LogP contribution in [0.5, 0.6) is 5.75 Å². The van der Waals surface area contributed by atoms with Gasteiger partial charge in [0, 0.05) is 6.07 Å². The molecule has 0 radical (unpaired) electrons. The fourth-order valence-corrected chi connectivity index (χ4v) is 2.44. The molecule has 0 aliphatic heterocycles. The van der Waals surface area contributed by atoms with Crippen LogP contribution < -0.4 is 15.8 Å². The van der Waals surface area contributed by atoms with Gasteiger partial charge in [0.25, 0.3) is 0 Å². The van der Waals surface area contributed by atoms with E-state index in [4.69, 9.17) is 10.5 Å². The van der Waals surface area contributed by atoms with Gasteiger partial charge < -0.3 is 19.9 Å². The number of nitrogens with zero attached hydrogens (tertiary/aromatic N) is 1. The number of anilines is 1. The summed E-state index contributed by atoms with van der Waals surface area (Å²) < 4.78 is 49.7. The average Bonchev–Trinajstić information content (AvgIpc) is 2.83. The molecule has 2 aromatic rings. The number of benzene rings is 1. The molecular weight excluding hydrogens is 355 g/mol.